The van der Waals surface area contributed by atoms with E-state index in [1.54, 1.807) is 68.8 Å². The van der Waals surface area contributed by atoms with Crippen LogP contribution in [0, 0.1) is 36.5 Å². The van der Waals surface area contributed by atoms with Gasteiger partial charge in [-0.05, 0) is 205 Å². The molecule has 3 fully saturated rings. The SMILES string of the molecule is C.C=C(N[C@@H](C)c1ccc(-c2scnc2C)cc1)[C@@H]1C[C@@H](O)CN1C(=O)[C@@H](CC(=O)CCCCCCCCCc1ccc(Nc2ncc3c(n2)N(C(C)CC)c2ccccc2C(=O)N3C)cc1)C(C)(C)C.CCC(C)N1c2ccccc2C(=O)N(C)c2cnc(Nc3ccc(C(=O)N4CCN(CCCCCC(=O)N[C@H](C(=O)N5C[C@H](C)C[C@H]5C(=O)N[C@@H](C)c5ccc(-c6scnc6C)cc5)C(C)(C)C)CC4)cc3)nc21. The van der Waals surface area contributed by atoms with E-state index in [-0.39, 0.29) is 104 Å². The summed E-state index contributed by atoms with van der Waals surface area (Å²) in [5.41, 5.74) is 17.5. The first-order valence-corrected chi connectivity index (χ1v) is 53.4. The molecule has 9 heterocycles. The third-order valence-electron chi connectivity index (χ3n) is 29.0. The van der Waals surface area contributed by atoms with Gasteiger partial charge in [-0.15, -0.1) is 22.7 Å². The van der Waals surface area contributed by atoms with Gasteiger partial charge in [0.05, 0.1) is 85.2 Å². The van der Waals surface area contributed by atoms with Crippen molar-refractivity contribution in [3.63, 3.8) is 0 Å². The predicted molar refractivity (Wildman–Crippen MR) is 585 cm³/mol. The number of β-amino-alcohol motifs (C(OH)–C–C–N with tert-alkyl or cyclic N) is 1. The number of aryl methyl sites for hydroxylation is 3. The molecule has 4 aromatic heterocycles. The van der Waals surface area contributed by atoms with E-state index in [2.05, 4.69) is 170 Å². The molecule has 2 unspecified atom stereocenters. The molecular weight excluding hydrogens is 1860 g/mol. The van der Waals surface area contributed by atoms with Crippen molar-refractivity contribution in [1.29, 1.82) is 0 Å². The Balaban J connectivity index is 0.000000242. The molecule has 0 saturated carbocycles. The third-order valence-corrected chi connectivity index (χ3v) is 31.0. The number of thiazole rings is 2. The maximum atomic E-state index is 14.3. The molecular formula is C115H151N19O9S2. The van der Waals surface area contributed by atoms with E-state index in [4.69, 9.17) is 9.97 Å². The van der Waals surface area contributed by atoms with E-state index in [1.807, 2.05) is 163 Å². The summed E-state index contributed by atoms with van der Waals surface area (Å²) >= 11 is 3.24. The van der Waals surface area contributed by atoms with Gasteiger partial charge < -0.3 is 66.0 Å². The highest BCUT2D eigenvalue weighted by Gasteiger charge is 2.47. The van der Waals surface area contributed by atoms with Crippen LogP contribution in [0.1, 0.15) is 278 Å². The normalized spacial score (nSPS) is 17.6. The number of aromatic nitrogens is 6. The maximum absolute atomic E-state index is 14.3. The first kappa shape index (κ1) is 110. The second kappa shape index (κ2) is 49.5. The van der Waals surface area contributed by atoms with Crippen molar-refractivity contribution in [2.45, 2.75) is 275 Å². The topological polar surface area (TPSA) is 320 Å². The Morgan fingerprint density at radius 3 is 1.50 bits per heavy atom. The molecule has 5 aliphatic rings. The van der Waals surface area contributed by atoms with Crippen molar-refractivity contribution in [2.24, 2.45) is 22.7 Å². The van der Waals surface area contributed by atoms with E-state index in [9.17, 15) is 43.5 Å². The largest absolute Gasteiger partial charge is 0.391 e. The lowest BCUT2D eigenvalue weighted by Crippen LogP contribution is -2.57. The zero-order valence-corrected chi connectivity index (χ0v) is 88.7. The van der Waals surface area contributed by atoms with Crippen LogP contribution in [0.25, 0.3) is 20.9 Å². The van der Waals surface area contributed by atoms with Gasteiger partial charge in [0.1, 0.15) is 29.2 Å². The Labute approximate surface area is 865 Å². The van der Waals surface area contributed by atoms with Crippen molar-refractivity contribution in [3.05, 3.63) is 226 Å². The van der Waals surface area contributed by atoms with Crippen molar-refractivity contribution in [2.75, 3.05) is 90.1 Å². The molecule has 7 amide bonds. The second-order valence-electron chi connectivity index (χ2n) is 41.9. The predicted octanol–water partition coefficient (Wildman–Crippen LogP) is 22.1. The number of aliphatic hydroxyl groups is 1. The van der Waals surface area contributed by atoms with E-state index in [1.165, 1.54) is 5.56 Å². The number of likely N-dealkylation sites (tertiary alicyclic amines) is 2. The van der Waals surface area contributed by atoms with E-state index in [0.29, 0.717) is 109 Å². The minimum absolute atomic E-state index is 0. The van der Waals surface area contributed by atoms with Crippen LogP contribution in [0.4, 0.5) is 57.7 Å². The van der Waals surface area contributed by atoms with Gasteiger partial charge in [-0.2, -0.15) is 9.97 Å². The number of Topliss-reactive ketones (excluding diaryl/α,β-unsaturated/α-hetero) is 1. The molecule has 772 valence electrons. The lowest BCUT2D eigenvalue weighted by Gasteiger charge is -2.36. The van der Waals surface area contributed by atoms with Crippen LogP contribution in [-0.4, -0.2) is 198 Å². The first-order chi connectivity index (χ1) is 68.9. The number of piperazine rings is 1. The molecule has 30 heteroatoms. The smallest absolute Gasteiger partial charge is 0.260 e. The molecule has 15 rings (SSSR count). The third kappa shape index (κ3) is 27.0. The quantitative estimate of drug-likeness (QED) is 0.0195. The number of hydrogen-bond acceptors (Lipinski definition) is 23. The molecule has 0 bridgehead atoms. The molecule has 10 atom stereocenters. The fourth-order valence-corrected chi connectivity index (χ4v) is 21.6. The summed E-state index contributed by atoms with van der Waals surface area (Å²) in [6, 6.07) is 45.8. The van der Waals surface area contributed by atoms with Gasteiger partial charge in [0, 0.05) is 126 Å². The average Bonchev–Trinajstić information content (AvgIpc) is 1.72. The minimum Gasteiger partial charge on any atom is -0.391 e. The summed E-state index contributed by atoms with van der Waals surface area (Å²) < 4.78 is 0. The highest BCUT2D eigenvalue weighted by molar-refractivity contribution is 7.13. The second-order valence-corrected chi connectivity index (χ2v) is 43.6. The number of rotatable bonds is 39. The summed E-state index contributed by atoms with van der Waals surface area (Å²) in [7, 11) is 3.52. The number of carbonyl (C=O) groups is 8. The van der Waals surface area contributed by atoms with Gasteiger partial charge >= 0.3 is 0 Å². The molecule has 3 saturated heterocycles. The number of benzene rings is 6. The first-order valence-electron chi connectivity index (χ1n) is 51.6. The molecule has 0 radical (unpaired) electrons. The highest BCUT2D eigenvalue weighted by atomic mass is 32.1. The summed E-state index contributed by atoms with van der Waals surface area (Å²) in [6.45, 7) is 39.3. The number of anilines is 10. The summed E-state index contributed by atoms with van der Waals surface area (Å²) in [6.07, 6.45) is 17.4. The van der Waals surface area contributed by atoms with Crippen LogP contribution in [0.2, 0.25) is 0 Å². The van der Waals surface area contributed by atoms with Crippen molar-refractivity contribution in [1.82, 2.24) is 65.5 Å². The minimum atomic E-state index is -0.776. The number of carbonyl (C=O) groups excluding carboxylic acids is 8. The Hall–Kier alpha value is -12.6. The lowest BCUT2D eigenvalue weighted by molar-refractivity contribution is -0.144. The average molecular weight is 2010 g/mol. The molecule has 28 nitrogen and oxygen atoms in total. The number of aliphatic hydroxyl groups excluding tert-OH is 1. The van der Waals surface area contributed by atoms with Crippen molar-refractivity contribution >= 4 is 127 Å². The zero-order valence-electron chi connectivity index (χ0n) is 87.1. The molecule has 6 aromatic carbocycles. The Morgan fingerprint density at radius 2 is 1.00 bits per heavy atom. The van der Waals surface area contributed by atoms with Gasteiger partial charge in [-0.3, -0.25) is 43.3 Å². The van der Waals surface area contributed by atoms with Gasteiger partial charge in [-0.25, -0.2) is 19.9 Å². The summed E-state index contributed by atoms with van der Waals surface area (Å²) in [4.78, 5) is 155. The van der Waals surface area contributed by atoms with Gasteiger partial charge in [0.25, 0.3) is 17.7 Å². The molecule has 0 spiro atoms. The maximum Gasteiger partial charge on any atom is 0.260 e. The number of unbranched alkanes of at least 4 members (excludes halogenated alkanes) is 8. The monoisotopic (exact) mass is 2010 g/mol. The van der Waals surface area contributed by atoms with E-state index >= 15 is 0 Å². The van der Waals surface area contributed by atoms with Crippen LogP contribution in [0.3, 0.4) is 0 Å². The number of para-hydroxylation sites is 2. The Bertz CT molecular complexity index is 6130. The number of nitrogens with one attached hydrogen (secondary N) is 5. The van der Waals surface area contributed by atoms with Gasteiger partial charge in [-0.1, -0.05) is 200 Å². The Kier molecular flexibility index (Phi) is 37.4. The summed E-state index contributed by atoms with van der Waals surface area (Å²) in [5, 5.41) is 27.2. The van der Waals surface area contributed by atoms with Gasteiger partial charge in [0.15, 0.2) is 11.6 Å². The highest BCUT2D eigenvalue weighted by Crippen LogP contribution is 2.45. The van der Waals surface area contributed by atoms with Crippen LogP contribution in [0.15, 0.2) is 181 Å². The van der Waals surface area contributed by atoms with Crippen molar-refractivity contribution in [3.8, 4) is 20.9 Å². The van der Waals surface area contributed by atoms with Crippen molar-refractivity contribution < 1.29 is 43.5 Å². The molecule has 5 aliphatic heterocycles. The van der Waals surface area contributed by atoms with Crippen LogP contribution in [-0.2, 0) is 30.4 Å². The van der Waals surface area contributed by atoms with Crippen LogP contribution >= 0.6 is 22.7 Å². The number of hydrogen-bond donors (Lipinski definition) is 6. The van der Waals surface area contributed by atoms with Crippen LogP contribution in [0.5, 0.6) is 0 Å². The van der Waals surface area contributed by atoms with E-state index in [0.717, 1.165) is 163 Å². The van der Waals surface area contributed by atoms with Gasteiger partial charge in [0.2, 0.25) is 35.5 Å². The number of nitrogens with zero attached hydrogens (tertiary/aromatic N) is 14. The zero-order chi connectivity index (χ0) is 103. The van der Waals surface area contributed by atoms with E-state index < -0.39 is 34.9 Å². The molecule has 145 heavy (non-hydrogen) atoms. The molecule has 6 N–H and O–H groups in total. The summed E-state index contributed by atoms with van der Waals surface area (Å²) in [5.74, 6) is 1.12. The lowest BCUT2D eigenvalue weighted by atomic mass is 9.76. The molecule has 0 aliphatic carbocycles. The standard InChI is InChI=1S/C57H73N11O5S.C57H74N8O4S.CH4/c1-10-37(3)68-45-17-14-13-16-44(45)54(72)64(9)47-33-58-56(63-51(47)68)61-43-25-23-42(24-26-43)53(71)66-30-28-65(29-31-66)27-15-11-12-18-48(69)62-50(57(6,7)8)55(73)67-34-36(2)32-46(67)52(70)60-38(4)40-19-21-41(22-20-40)49-39(5)59-35-74-49;1-10-37(2)65-49-23-19-18-22-47(49)54(68)63(9)51-34-58-56(62-53(51)65)61-44-30-24-41(25-31-44)20-16-14-12-11-13-15-17-21-45(66)32-48(57(6,7)8)55(69)64-35-46(67)33-50(64)39(4)60-38(3)42-26-28-43(29-27-42)52-40(5)59-36-70-52;/h13-14,16-17,19-26,33,35-38,46,50H,10-12,15,18,27-32,34H2,1-9H3,(H,60,70)(H,62,69)(H,58,61,63);18-19,22-31,34,36-38,46,48,50,60,67H,4,10-17,20-21,32-33,35H2,1-3,5-9H3,(H,58,61,62);1H4/t36-,37?,38+,46+,50-;37?,38-,46+,48+,50-;/m10./s1. The fourth-order valence-electron chi connectivity index (χ4n) is 20.0. The Morgan fingerprint density at radius 1 is 0.524 bits per heavy atom. The number of amides is 7. The van der Waals surface area contributed by atoms with Crippen LogP contribution < -0.4 is 46.2 Å². The molecule has 10 aromatic rings. The fraction of sp³-hybridized carbons (Fsp3) is 0.478. The number of fused-ring (bicyclic) bond motifs is 4. The number of ketones is 1.